The zero-order valence-electron chi connectivity index (χ0n) is 9.59. The lowest BCUT2D eigenvalue weighted by Crippen LogP contribution is -2.04. The fraction of sp³-hybridized carbons (Fsp3) is 0.333. The predicted octanol–water partition coefficient (Wildman–Crippen LogP) is 1.85. The topological polar surface area (TPSA) is 56.7 Å². The highest BCUT2D eigenvalue weighted by Gasteiger charge is 2.05. The first-order chi connectivity index (χ1) is 7.70. The molecule has 0 aliphatic heterocycles. The van der Waals surface area contributed by atoms with E-state index >= 15 is 0 Å². The Morgan fingerprint density at radius 1 is 1.38 bits per heavy atom. The summed E-state index contributed by atoms with van der Waals surface area (Å²) in [5.74, 6) is 1.29. The molecule has 0 saturated heterocycles. The molecular weight excluding hydrogens is 200 g/mol. The van der Waals surface area contributed by atoms with Crippen LogP contribution in [0.15, 0.2) is 30.6 Å². The molecule has 0 bridgehead atoms. The van der Waals surface area contributed by atoms with Crippen molar-refractivity contribution in [2.45, 2.75) is 26.3 Å². The van der Waals surface area contributed by atoms with E-state index in [-0.39, 0.29) is 0 Å². The third-order valence-corrected chi connectivity index (χ3v) is 2.51. The van der Waals surface area contributed by atoms with Gasteiger partial charge in [-0.2, -0.15) is 5.10 Å². The van der Waals surface area contributed by atoms with Crippen molar-refractivity contribution >= 4 is 0 Å². The summed E-state index contributed by atoms with van der Waals surface area (Å²) in [5, 5.41) is 4.30. The summed E-state index contributed by atoms with van der Waals surface area (Å²) in [5.41, 5.74) is 7.64. The van der Waals surface area contributed by atoms with Crippen LogP contribution >= 0.6 is 0 Å². The van der Waals surface area contributed by atoms with Crippen molar-refractivity contribution in [1.29, 1.82) is 0 Å². The molecule has 0 saturated carbocycles. The van der Waals surface area contributed by atoms with Crippen LogP contribution in [0, 0.1) is 0 Å². The summed E-state index contributed by atoms with van der Waals surface area (Å²) in [6, 6.07) is 5.79. The van der Waals surface area contributed by atoms with Gasteiger partial charge in [0.25, 0.3) is 0 Å². The Labute approximate surface area is 95.1 Å². The second kappa shape index (κ2) is 4.45. The molecule has 2 N–H and O–H groups in total. The molecule has 4 heteroatoms. The van der Waals surface area contributed by atoms with E-state index in [2.05, 4.69) is 23.9 Å². The molecule has 2 aromatic rings. The van der Waals surface area contributed by atoms with Gasteiger partial charge in [0.05, 0.1) is 11.9 Å². The molecule has 0 spiro atoms. The van der Waals surface area contributed by atoms with Crippen LogP contribution in [0.2, 0.25) is 0 Å². The molecule has 2 rings (SSSR count). The molecule has 0 unspecified atom stereocenters. The second-order valence-electron chi connectivity index (χ2n) is 4.06. The molecule has 2 heterocycles. The first-order valence-corrected chi connectivity index (χ1v) is 5.41. The number of aromatic nitrogens is 3. The van der Waals surface area contributed by atoms with Crippen molar-refractivity contribution in [3.05, 3.63) is 41.9 Å². The van der Waals surface area contributed by atoms with Crippen LogP contribution in [0.1, 0.15) is 31.0 Å². The summed E-state index contributed by atoms with van der Waals surface area (Å²) >= 11 is 0. The van der Waals surface area contributed by atoms with E-state index in [1.165, 1.54) is 5.56 Å². The van der Waals surface area contributed by atoms with Gasteiger partial charge < -0.3 is 5.73 Å². The van der Waals surface area contributed by atoms with Crippen LogP contribution in [-0.4, -0.2) is 14.8 Å². The van der Waals surface area contributed by atoms with E-state index in [9.17, 15) is 0 Å². The number of hydrogen-bond donors (Lipinski definition) is 1. The van der Waals surface area contributed by atoms with Gasteiger partial charge in [0.1, 0.15) is 0 Å². The zero-order chi connectivity index (χ0) is 11.5. The molecule has 0 fully saturated rings. The Morgan fingerprint density at radius 2 is 2.19 bits per heavy atom. The Hall–Kier alpha value is -1.68. The van der Waals surface area contributed by atoms with E-state index in [0.717, 1.165) is 11.5 Å². The average Bonchev–Trinajstić information content (AvgIpc) is 2.78. The first-order valence-electron chi connectivity index (χ1n) is 5.41. The lowest BCUT2D eigenvalue weighted by atomic mass is 10.1. The van der Waals surface area contributed by atoms with Gasteiger partial charge >= 0.3 is 0 Å². The van der Waals surface area contributed by atoms with E-state index < -0.39 is 0 Å². The van der Waals surface area contributed by atoms with Gasteiger partial charge in [0.2, 0.25) is 0 Å². The number of nitrogens with two attached hydrogens (primary N) is 1. The largest absolute Gasteiger partial charge is 0.325 e. The maximum atomic E-state index is 5.56. The normalized spacial score (nSPS) is 11.0. The maximum absolute atomic E-state index is 5.56. The minimum atomic E-state index is 0.451. The van der Waals surface area contributed by atoms with Gasteiger partial charge in [-0.15, -0.1) is 0 Å². The molecule has 0 aliphatic carbocycles. The highest BCUT2D eigenvalue weighted by Crippen LogP contribution is 2.14. The summed E-state index contributed by atoms with van der Waals surface area (Å²) in [6.45, 7) is 4.74. The summed E-state index contributed by atoms with van der Waals surface area (Å²) in [6.07, 6.45) is 3.88. The molecule has 0 aliphatic rings. The number of rotatable bonds is 3. The number of nitrogens with zero attached hydrogens (tertiary/aromatic N) is 3. The van der Waals surface area contributed by atoms with Gasteiger partial charge in [-0.3, -0.25) is 0 Å². The van der Waals surface area contributed by atoms with Crippen LogP contribution in [-0.2, 0) is 6.54 Å². The predicted molar refractivity (Wildman–Crippen MR) is 63.3 cm³/mol. The SMILES string of the molecule is CC(C)c1cnn(-c2cccc(CN)n2)c1. The fourth-order valence-electron chi connectivity index (χ4n) is 1.47. The first kappa shape index (κ1) is 10.8. The third kappa shape index (κ3) is 2.12. The highest BCUT2D eigenvalue weighted by molar-refractivity contribution is 5.25. The molecule has 84 valence electrons. The van der Waals surface area contributed by atoms with E-state index in [4.69, 9.17) is 5.73 Å². The number of hydrogen-bond acceptors (Lipinski definition) is 3. The average molecular weight is 216 g/mol. The van der Waals surface area contributed by atoms with Crippen molar-refractivity contribution in [1.82, 2.24) is 14.8 Å². The van der Waals surface area contributed by atoms with Crippen LogP contribution in [0.25, 0.3) is 5.82 Å². The summed E-state index contributed by atoms with van der Waals surface area (Å²) in [7, 11) is 0. The summed E-state index contributed by atoms with van der Waals surface area (Å²) < 4.78 is 1.79. The Balaban J connectivity index is 2.34. The zero-order valence-corrected chi connectivity index (χ0v) is 9.59. The van der Waals surface area contributed by atoms with Crippen LogP contribution in [0.5, 0.6) is 0 Å². The molecule has 0 radical (unpaired) electrons. The van der Waals surface area contributed by atoms with Crippen LogP contribution < -0.4 is 5.73 Å². The van der Waals surface area contributed by atoms with E-state index in [0.29, 0.717) is 12.5 Å². The van der Waals surface area contributed by atoms with Crippen LogP contribution in [0.4, 0.5) is 0 Å². The Kier molecular flexibility index (Phi) is 3.01. The van der Waals surface area contributed by atoms with Crippen molar-refractivity contribution in [2.75, 3.05) is 0 Å². The highest BCUT2D eigenvalue weighted by atomic mass is 15.3. The quantitative estimate of drug-likeness (QED) is 0.851. The Morgan fingerprint density at radius 3 is 2.81 bits per heavy atom. The maximum Gasteiger partial charge on any atom is 0.153 e. The fourth-order valence-corrected chi connectivity index (χ4v) is 1.47. The van der Waals surface area contributed by atoms with Crippen molar-refractivity contribution in [3.63, 3.8) is 0 Å². The molecule has 4 nitrogen and oxygen atoms in total. The molecule has 2 aromatic heterocycles. The van der Waals surface area contributed by atoms with Crippen molar-refractivity contribution in [3.8, 4) is 5.82 Å². The standard InChI is InChI=1S/C12H16N4/c1-9(2)10-7-14-16(8-10)12-5-3-4-11(6-13)15-12/h3-5,7-9H,6,13H2,1-2H3. The molecule has 16 heavy (non-hydrogen) atoms. The Bertz CT molecular complexity index is 473. The lowest BCUT2D eigenvalue weighted by Gasteiger charge is -2.02. The van der Waals surface area contributed by atoms with Gasteiger partial charge in [-0.1, -0.05) is 19.9 Å². The van der Waals surface area contributed by atoms with Gasteiger partial charge in [-0.05, 0) is 23.6 Å². The minimum Gasteiger partial charge on any atom is -0.325 e. The monoisotopic (exact) mass is 216 g/mol. The third-order valence-electron chi connectivity index (χ3n) is 2.51. The lowest BCUT2D eigenvalue weighted by molar-refractivity contribution is 0.824. The van der Waals surface area contributed by atoms with Crippen LogP contribution in [0.3, 0.4) is 0 Å². The van der Waals surface area contributed by atoms with E-state index in [1.54, 1.807) is 4.68 Å². The van der Waals surface area contributed by atoms with Crippen molar-refractivity contribution < 1.29 is 0 Å². The van der Waals surface area contributed by atoms with Gasteiger partial charge in [0.15, 0.2) is 5.82 Å². The minimum absolute atomic E-state index is 0.451. The van der Waals surface area contributed by atoms with Gasteiger partial charge in [-0.25, -0.2) is 9.67 Å². The smallest absolute Gasteiger partial charge is 0.153 e. The molecule has 0 atom stereocenters. The van der Waals surface area contributed by atoms with E-state index in [1.807, 2.05) is 30.6 Å². The summed E-state index contributed by atoms with van der Waals surface area (Å²) in [4.78, 5) is 4.41. The molecule has 0 aromatic carbocycles. The van der Waals surface area contributed by atoms with Gasteiger partial charge in [0, 0.05) is 12.7 Å². The molecule has 0 amide bonds. The number of pyridine rings is 1. The van der Waals surface area contributed by atoms with Crippen molar-refractivity contribution in [2.24, 2.45) is 5.73 Å². The molecular formula is C12H16N4. The second-order valence-corrected chi connectivity index (χ2v) is 4.06.